The van der Waals surface area contributed by atoms with Gasteiger partial charge in [-0.2, -0.15) is 0 Å². The van der Waals surface area contributed by atoms with Crippen molar-refractivity contribution in [3.63, 3.8) is 0 Å². The molecule has 0 aliphatic heterocycles. The number of nitrogens with one attached hydrogen (secondary N) is 1. The van der Waals surface area contributed by atoms with E-state index in [-0.39, 0.29) is 5.82 Å². The molecular weight excluding hydrogens is 273 g/mol. The van der Waals surface area contributed by atoms with Crippen LogP contribution in [0, 0.1) is 5.82 Å². The van der Waals surface area contributed by atoms with Crippen molar-refractivity contribution in [2.45, 2.75) is 23.3 Å². The van der Waals surface area contributed by atoms with Gasteiger partial charge in [-0.05, 0) is 48.5 Å². The SMILES string of the molecule is CCNCc1ccc(Sc2ccc(OC)cc2)c(F)c1. The fourth-order valence-electron chi connectivity index (χ4n) is 1.78. The van der Waals surface area contributed by atoms with Crippen molar-refractivity contribution in [2.75, 3.05) is 13.7 Å². The van der Waals surface area contributed by atoms with Crippen LogP contribution in [0.25, 0.3) is 0 Å². The first kappa shape index (κ1) is 14.9. The molecule has 1 N–H and O–H groups in total. The maximum Gasteiger partial charge on any atom is 0.137 e. The Morgan fingerprint density at radius 2 is 1.90 bits per heavy atom. The lowest BCUT2D eigenvalue weighted by Gasteiger charge is -2.07. The maximum absolute atomic E-state index is 14.0. The Morgan fingerprint density at radius 1 is 1.15 bits per heavy atom. The monoisotopic (exact) mass is 291 g/mol. The van der Waals surface area contributed by atoms with E-state index in [0.717, 1.165) is 22.8 Å². The molecule has 20 heavy (non-hydrogen) atoms. The van der Waals surface area contributed by atoms with Crippen LogP contribution >= 0.6 is 11.8 Å². The Bertz CT molecular complexity index is 557. The summed E-state index contributed by atoms with van der Waals surface area (Å²) in [6, 6.07) is 13.0. The minimum atomic E-state index is -0.179. The predicted octanol–water partition coefficient (Wildman–Crippen LogP) is 4.10. The molecule has 2 aromatic carbocycles. The summed E-state index contributed by atoms with van der Waals surface area (Å²) in [7, 11) is 1.63. The summed E-state index contributed by atoms with van der Waals surface area (Å²) >= 11 is 1.41. The standard InChI is InChI=1S/C16H18FNOS/c1-3-18-11-12-4-9-16(15(17)10-12)20-14-7-5-13(19-2)6-8-14/h4-10,18H,3,11H2,1-2H3. The molecule has 0 aliphatic rings. The summed E-state index contributed by atoms with van der Waals surface area (Å²) in [6.07, 6.45) is 0. The molecule has 0 aromatic heterocycles. The second kappa shape index (κ2) is 7.31. The highest BCUT2D eigenvalue weighted by molar-refractivity contribution is 7.99. The van der Waals surface area contributed by atoms with E-state index >= 15 is 0 Å². The molecule has 0 saturated carbocycles. The average molecular weight is 291 g/mol. The molecule has 0 heterocycles. The Hall–Kier alpha value is -1.52. The zero-order valence-electron chi connectivity index (χ0n) is 11.7. The topological polar surface area (TPSA) is 21.3 Å². The van der Waals surface area contributed by atoms with Crippen LogP contribution in [0.3, 0.4) is 0 Å². The Balaban J connectivity index is 2.08. The number of benzene rings is 2. The van der Waals surface area contributed by atoms with Crippen molar-refractivity contribution in [3.8, 4) is 5.75 Å². The van der Waals surface area contributed by atoms with Crippen LogP contribution in [-0.4, -0.2) is 13.7 Å². The van der Waals surface area contributed by atoms with Gasteiger partial charge in [-0.3, -0.25) is 0 Å². The highest BCUT2D eigenvalue weighted by atomic mass is 32.2. The van der Waals surface area contributed by atoms with E-state index in [1.807, 2.05) is 43.3 Å². The summed E-state index contributed by atoms with van der Waals surface area (Å²) in [5.41, 5.74) is 0.962. The van der Waals surface area contributed by atoms with Gasteiger partial charge in [-0.25, -0.2) is 4.39 Å². The van der Waals surface area contributed by atoms with Crippen molar-refractivity contribution >= 4 is 11.8 Å². The molecule has 0 amide bonds. The van der Waals surface area contributed by atoms with Crippen LogP contribution in [-0.2, 0) is 6.54 Å². The fourth-order valence-corrected chi connectivity index (χ4v) is 2.60. The van der Waals surface area contributed by atoms with Crippen LogP contribution < -0.4 is 10.1 Å². The maximum atomic E-state index is 14.0. The van der Waals surface area contributed by atoms with Gasteiger partial charge >= 0.3 is 0 Å². The van der Waals surface area contributed by atoms with Crippen molar-refractivity contribution in [2.24, 2.45) is 0 Å². The summed E-state index contributed by atoms with van der Waals surface area (Å²) in [4.78, 5) is 1.62. The first-order valence-corrected chi connectivity index (χ1v) is 7.35. The van der Waals surface area contributed by atoms with E-state index < -0.39 is 0 Å². The van der Waals surface area contributed by atoms with Gasteiger partial charge in [0.1, 0.15) is 11.6 Å². The minimum Gasteiger partial charge on any atom is -0.497 e. The number of ether oxygens (including phenoxy) is 1. The first-order valence-electron chi connectivity index (χ1n) is 6.54. The van der Waals surface area contributed by atoms with Gasteiger partial charge in [-0.15, -0.1) is 0 Å². The lowest BCUT2D eigenvalue weighted by Crippen LogP contribution is -2.11. The van der Waals surface area contributed by atoms with Crippen LogP contribution in [0.4, 0.5) is 4.39 Å². The summed E-state index contributed by atoms with van der Waals surface area (Å²) in [5.74, 6) is 0.622. The quantitative estimate of drug-likeness (QED) is 0.866. The number of hydrogen-bond donors (Lipinski definition) is 1. The van der Waals surface area contributed by atoms with Gasteiger partial charge < -0.3 is 10.1 Å². The van der Waals surface area contributed by atoms with E-state index in [2.05, 4.69) is 5.32 Å². The fraction of sp³-hybridized carbons (Fsp3) is 0.250. The molecule has 0 saturated heterocycles. The van der Waals surface area contributed by atoms with Crippen molar-refractivity contribution < 1.29 is 9.13 Å². The lowest BCUT2D eigenvalue weighted by atomic mass is 10.2. The molecule has 0 fully saturated rings. The normalized spacial score (nSPS) is 10.6. The van der Waals surface area contributed by atoms with E-state index in [1.54, 1.807) is 13.2 Å². The highest BCUT2D eigenvalue weighted by Gasteiger charge is 2.06. The smallest absolute Gasteiger partial charge is 0.137 e. The average Bonchev–Trinajstić information content (AvgIpc) is 2.48. The lowest BCUT2D eigenvalue weighted by molar-refractivity contribution is 0.414. The van der Waals surface area contributed by atoms with Crippen molar-refractivity contribution in [1.82, 2.24) is 5.32 Å². The Kier molecular flexibility index (Phi) is 5.44. The molecule has 0 aliphatic carbocycles. The van der Waals surface area contributed by atoms with E-state index in [1.165, 1.54) is 11.8 Å². The van der Waals surface area contributed by atoms with Crippen LogP contribution in [0.5, 0.6) is 5.75 Å². The second-order valence-electron chi connectivity index (χ2n) is 4.32. The zero-order valence-corrected chi connectivity index (χ0v) is 12.5. The minimum absolute atomic E-state index is 0.179. The second-order valence-corrected chi connectivity index (χ2v) is 5.44. The molecule has 2 nitrogen and oxygen atoms in total. The Labute approximate surface area is 123 Å². The third-order valence-corrected chi connectivity index (χ3v) is 3.92. The summed E-state index contributed by atoms with van der Waals surface area (Å²) < 4.78 is 19.1. The van der Waals surface area contributed by atoms with Gasteiger partial charge in [0, 0.05) is 16.3 Å². The molecule has 0 unspecified atom stereocenters. The molecule has 4 heteroatoms. The summed E-state index contributed by atoms with van der Waals surface area (Å²) in [6.45, 7) is 3.61. The molecular formula is C16H18FNOS. The first-order chi connectivity index (χ1) is 9.72. The van der Waals surface area contributed by atoms with Crippen molar-refractivity contribution in [3.05, 3.63) is 53.8 Å². The van der Waals surface area contributed by atoms with Crippen LogP contribution in [0.2, 0.25) is 0 Å². The van der Waals surface area contributed by atoms with Gasteiger partial charge in [-0.1, -0.05) is 24.8 Å². The van der Waals surface area contributed by atoms with E-state index in [0.29, 0.717) is 11.4 Å². The predicted molar refractivity (Wildman–Crippen MR) is 80.9 cm³/mol. The van der Waals surface area contributed by atoms with Gasteiger partial charge in [0.05, 0.1) is 7.11 Å². The molecule has 0 radical (unpaired) electrons. The largest absolute Gasteiger partial charge is 0.497 e. The van der Waals surface area contributed by atoms with Crippen LogP contribution in [0.15, 0.2) is 52.3 Å². The third-order valence-electron chi connectivity index (χ3n) is 2.86. The molecule has 2 rings (SSSR count). The van der Waals surface area contributed by atoms with E-state index in [4.69, 9.17) is 4.74 Å². The number of methoxy groups -OCH3 is 1. The molecule has 106 valence electrons. The van der Waals surface area contributed by atoms with E-state index in [9.17, 15) is 4.39 Å². The highest BCUT2D eigenvalue weighted by Crippen LogP contribution is 2.31. The Morgan fingerprint density at radius 3 is 2.50 bits per heavy atom. The molecule has 0 spiro atoms. The number of halogens is 1. The number of hydrogen-bond acceptors (Lipinski definition) is 3. The molecule has 2 aromatic rings. The molecule has 0 atom stereocenters. The van der Waals surface area contributed by atoms with Gasteiger partial charge in [0.15, 0.2) is 0 Å². The van der Waals surface area contributed by atoms with Gasteiger partial charge in [0.2, 0.25) is 0 Å². The molecule has 0 bridgehead atoms. The third kappa shape index (κ3) is 3.99. The van der Waals surface area contributed by atoms with Crippen molar-refractivity contribution in [1.29, 1.82) is 0 Å². The van der Waals surface area contributed by atoms with Crippen LogP contribution in [0.1, 0.15) is 12.5 Å². The summed E-state index contributed by atoms with van der Waals surface area (Å²) in [5, 5.41) is 3.19. The zero-order chi connectivity index (χ0) is 14.4. The van der Waals surface area contributed by atoms with Gasteiger partial charge in [0.25, 0.3) is 0 Å². The number of rotatable bonds is 6.